The molecule has 0 unspecified atom stereocenters. The summed E-state index contributed by atoms with van der Waals surface area (Å²) in [5.41, 5.74) is 4.92. The number of amides is 2. The minimum Gasteiger partial charge on any atom is -0.320 e. The molecule has 0 radical (unpaired) electrons. The van der Waals surface area contributed by atoms with Gasteiger partial charge in [0.25, 0.3) is 0 Å². The van der Waals surface area contributed by atoms with E-state index in [1.54, 1.807) is 0 Å². The Morgan fingerprint density at radius 1 is 0.938 bits per heavy atom. The zero-order chi connectivity index (χ0) is 22.2. The van der Waals surface area contributed by atoms with E-state index in [-0.39, 0.29) is 6.03 Å². The Morgan fingerprint density at radius 2 is 1.66 bits per heavy atom. The van der Waals surface area contributed by atoms with Gasteiger partial charge in [0.15, 0.2) is 5.82 Å². The van der Waals surface area contributed by atoms with Crippen molar-refractivity contribution < 1.29 is 4.79 Å². The van der Waals surface area contributed by atoms with Crippen LogP contribution in [0.3, 0.4) is 0 Å². The van der Waals surface area contributed by atoms with Crippen molar-refractivity contribution in [1.82, 2.24) is 25.5 Å². The molecular formula is C25H26N6O. The predicted octanol–water partition coefficient (Wildman–Crippen LogP) is 5.37. The molecule has 0 atom stereocenters. The third-order valence-electron chi connectivity index (χ3n) is 5.26. The second-order valence-electron chi connectivity index (χ2n) is 7.56. The quantitative estimate of drug-likeness (QED) is 0.397. The van der Waals surface area contributed by atoms with E-state index in [9.17, 15) is 4.79 Å². The lowest BCUT2D eigenvalue weighted by atomic mass is 9.98. The van der Waals surface area contributed by atoms with Gasteiger partial charge >= 0.3 is 6.03 Å². The molecule has 1 aromatic heterocycles. The zero-order valence-electron chi connectivity index (χ0n) is 18.0. The van der Waals surface area contributed by atoms with Crippen LogP contribution in [0.1, 0.15) is 25.3 Å². The molecule has 7 heteroatoms. The topological polar surface area (TPSA) is 86.8 Å². The number of aromatic nitrogens is 4. The molecule has 4 aromatic rings. The molecule has 2 amide bonds. The molecule has 0 saturated carbocycles. The van der Waals surface area contributed by atoms with Crippen LogP contribution in [0, 0.1) is 0 Å². The minimum absolute atomic E-state index is 0.0862. The number of hydrogen-bond acceptors (Lipinski definition) is 4. The number of hydrogen-bond donors (Lipinski definition) is 2. The van der Waals surface area contributed by atoms with Gasteiger partial charge in [-0.15, -0.1) is 5.10 Å². The lowest BCUT2D eigenvalue weighted by Gasteiger charge is -2.23. The number of benzene rings is 3. The van der Waals surface area contributed by atoms with Crippen LogP contribution >= 0.6 is 0 Å². The number of H-pyrrole nitrogens is 1. The van der Waals surface area contributed by atoms with Crippen LogP contribution in [-0.2, 0) is 6.54 Å². The van der Waals surface area contributed by atoms with Gasteiger partial charge in [0, 0.05) is 24.3 Å². The van der Waals surface area contributed by atoms with Crippen LogP contribution in [0.15, 0.2) is 78.9 Å². The van der Waals surface area contributed by atoms with Crippen molar-refractivity contribution >= 4 is 11.7 Å². The van der Waals surface area contributed by atoms with Gasteiger partial charge in [-0.3, -0.25) is 0 Å². The van der Waals surface area contributed by atoms with E-state index in [4.69, 9.17) is 0 Å². The van der Waals surface area contributed by atoms with Gasteiger partial charge in [-0.2, -0.15) is 0 Å². The fraction of sp³-hybridized carbons (Fsp3) is 0.200. The van der Waals surface area contributed by atoms with Crippen molar-refractivity contribution in [3.8, 4) is 22.5 Å². The summed E-state index contributed by atoms with van der Waals surface area (Å²) in [6.45, 7) is 3.38. The van der Waals surface area contributed by atoms with Crippen LogP contribution in [0.25, 0.3) is 22.5 Å². The maximum absolute atomic E-state index is 12.9. The fourth-order valence-corrected chi connectivity index (χ4v) is 3.55. The van der Waals surface area contributed by atoms with Crippen LogP contribution in [0.4, 0.5) is 10.5 Å². The largest absolute Gasteiger partial charge is 0.322 e. The highest BCUT2D eigenvalue weighted by molar-refractivity contribution is 5.89. The number of carbonyl (C=O) groups is 1. The minimum atomic E-state index is -0.0862. The lowest BCUT2D eigenvalue weighted by molar-refractivity contribution is 0.208. The van der Waals surface area contributed by atoms with Crippen molar-refractivity contribution in [2.24, 2.45) is 0 Å². The summed E-state index contributed by atoms with van der Waals surface area (Å²) in [5, 5.41) is 17.2. The highest BCUT2D eigenvalue weighted by Gasteiger charge is 2.15. The Bertz CT molecular complexity index is 1130. The smallest absolute Gasteiger partial charge is 0.320 e. The second-order valence-corrected chi connectivity index (χ2v) is 7.56. The number of nitrogens with one attached hydrogen (secondary N) is 2. The van der Waals surface area contributed by atoms with E-state index in [0.717, 1.165) is 40.8 Å². The Hall–Kier alpha value is -4.00. The molecule has 0 bridgehead atoms. The van der Waals surface area contributed by atoms with Crippen molar-refractivity contribution in [3.63, 3.8) is 0 Å². The Balaban J connectivity index is 1.51. The molecular weight excluding hydrogens is 400 g/mol. The van der Waals surface area contributed by atoms with E-state index in [1.165, 1.54) is 0 Å². The molecule has 2 N–H and O–H groups in total. The monoisotopic (exact) mass is 426 g/mol. The summed E-state index contributed by atoms with van der Waals surface area (Å²) >= 11 is 0. The summed E-state index contributed by atoms with van der Waals surface area (Å²) in [4.78, 5) is 14.7. The van der Waals surface area contributed by atoms with Crippen LogP contribution < -0.4 is 5.32 Å². The van der Waals surface area contributed by atoms with E-state index in [0.29, 0.717) is 18.9 Å². The molecule has 0 fully saturated rings. The summed E-state index contributed by atoms with van der Waals surface area (Å²) in [5.74, 6) is 0.632. The molecule has 1 heterocycles. The average Bonchev–Trinajstić information content (AvgIpc) is 3.38. The van der Waals surface area contributed by atoms with Gasteiger partial charge in [0.2, 0.25) is 0 Å². The van der Waals surface area contributed by atoms with Gasteiger partial charge in [-0.1, -0.05) is 80.1 Å². The average molecular weight is 427 g/mol. The summed E-state index contributed by atoms with van der Waals surface area (Å²) < 4.78 is 0. The molecule has 32 heavy (non-hydrogen) atoms. The highest BCUT2D eigenvalue weighted by Crippen LogP contribution is 2.29. The van der Waals surface area contributed by atoms with Crippen molar-refractivity contribution in [2.45, 2.75) is 26.3 Å². The van der Waals surface area contributed by atoms with Crippen LogP contribution in [0.2, 0.25) is 0 Å². The third-order valence-corrected chi connectivity index (χ3v) is 5.26. The van der Waals surface area contributed by atoms with Gasteiger partial charge in [0.1, 0.15) is 0 Å². The first-order valence-corrected chi connectivity index (χ1v) is 10.8. The zero-order valence-corrected chi connectivity index (χ0v) is 18.0. The number of para-hydroxylation sites is 1. The molecule has 0 aliphatic carbocycles. The molecule has 4 rings (SSSR count). The SMILES string of the molecule is CCCCN(Cc1ccc(-c2ccccc2-c2nnn[nH]2)cc1)C(=O)Nc1ccccc1. The van der Waals surface area contributed by atoms with Crippen LogP contribution in [0.5, 0.6) is 0 Å². The standard InChI is InChI=1S/C25H26N6O/c1-2-3-17-31(25(32)26-21-9-5-4-6-10-21)18-19-13-15-20(16-14-19)22-11-7-8-12-23(22)24-27-29-30-28-24/h4-16H,2-3,17-18H2,1H3,(H,26,32)(H,27,28,29,30). The number of urea groups is 1. The number of aromatic amines is 1. The Kier molecular flexibility index (Phi) is 6.87. The summed E-state index contributed by atoms with van der Waals surface area (Å²) in [7, 11) is 0. The number of anilines is 1. The normalized spacial score (nSPS) is 10.7. The number of rotatable bonds is 8. The maximum Gasteiger partial charge on any atom is 0.322 e. The van der Waals surface area contributed by atoms with Crippen LogP contribution in [-0.4, -0.2) is 38.1 Å². The van der Waals surface area contributed by atoms with Gasteiger partial charge in [-0.25, -0.2) is 9.89 Å². The lowest BCUT2D eigenvalue weighted by Crippen LogP contribution is -2.35. The maximum atomic E-state index is 12.9. The second kappa shape index (κ2) is 10.3. The first-order chi connectivity index (χ1) is 15.7. The van der Waals surface area contributed by atoms with Gasteiger partial charge in [0.05, 0.1) is 0 Å². The number of carbonyl (C=O) groups excluding carboxylic acids is 1. The molecule has 0 saturated heterocycles. The predicted molar refractivity (Wildman–Crippen MR) is 126 cm³/mol. The third kappa shape index (κ3) is 5.18. The van der Waals surface area contributed by atoms with Crippen molar-refractivity contribution in [1.29, 1.82) is 0 Å². The number of unbranched alkanes of at least 4 members (excludes halogenated alkanes) is 1. The van der Waals surface area contributed by atoms with Gasteiger partial charge in [-0.05, 0) is 45.7 Å². The van der Waals surface area contributed by atoms with E-state index in [2.05, 4.69) is 57.1 Å². The first kappa shape index (κ1) is 21.2. The molecule has 0 spiro atoms. The Morgan fingerprint density at radius 3 is 2.34 bits per heavy atom. The highest BCUT2D eigenvalue weighted by atomic mass is 16.2. The fourth-order valence-electron chi connectivity index (χ4n) is 3.55. The summed E-state index contributed by atoms with van der Waals surface area (Å²) in [6, 6.07) is 25.8. The molecule has 162 valence electrons. The number of tetrazole rings is 1. The molecule has 0 aliphatic rings. The van der Waals surface area contributed by atoms with Crippen molar-refractivity contribution in [3.05, 3.63) is 84.4 Å². The first-order valence-electron chi connectivity index (χ1n) is 10.8. The molecule has 3 aromatic carbocycles. The molecule has 7 nitrogen and oxygen atoms in total. The number of nitrogens with zero attached hydrogens (tertiary/aromatic N) is 4. The van der Waals surface area contributed by atoms with E-state index in [1.807, 2.05) is 59.5 Å². The molecule has 0 aliphatic heterocycles. The Labute approximate surface area is 187 Å². The van der Waals surface area contributed by atoms with Crippen molar-refractivity contribution in [2.75, 3.05) is 11.9 Å². The van der Waals surface area contributed by atoms with E-state index < -0.39 is 0 Å². The summed E-state index contributed by atoms with van der Waals surface area (Å²) in [6.07, 6.45) is 1.99. The van der Waals surface area contributed by atoms with E-state index >= 15 is 0 Å². The van der Waals surface area contributed by atoms with Gasteiger partial charge < -0.3 is 10.2 Å².